The van der Waals surface area contributed by atoms with Gasteiger partial charge in [0.25, 0.3) is 11.6 Å². The molecular weight excluding hydrogens is 432 g/mol. The van der Waals surface area contributed by atoms with E-state index in [1.807, 2.05) is 4.90 Å². The smallest absolute Gasteiger partial charge is 0.340 e. The average Bonchev–Trinajstić information content (AvgIpc) is 2.83. The summed E-state index contributed by atoms with van der Waals surface area (Å²) < 4.78 is 9.86. The van der Waals surface area contributed by atoms with Crippen molar-refractivity contribution in [3.63, 3.8) is 0 Å². The second-order valence-corrected chi connectivity index (χ2v) is 7.31. The van der Waals surface area contributed by atoms with Crippen LogP contribution in [0.2, 0.25) is 0 Å². The Labute approximate surface area is 190 Å². The molecule has 2 aromatic rings. The number of hydrogen-bond donors (Lipinski definition) is 1. The van der Waals surface area contributed by atoms with Crippen LogP contribution in [0, 0.1) is 10.1 Å². The summed E-state index contributed by atoms with van der Waals surface area (Å²) in [4.78, 5) is 51.1. The van der Waals surface area contributed by atoms with Crippen molar-refractivity contribution in [1.29, 1.82) is 0 Å². The van der Waals surface area contributed by atoms with E-state index in [1.165, 1.54) is 51.5 Å². The van der Waals surface area contributed by atoms with E-state index in [0.717, 1.165) is 0 Å². The molecule has 33 heavy (non-hydrogen) atoms. The molecule has 2 aromatic carbocycles. The van der Waals surface area contributed by atoms with Crippen LogP contribution < -0.4 is 15.0 Å². The van der Waals surface area contributed by atoms with Gasteiger partial charge in [0.2, 0.25) is 5.91 Å². The molecule has 1 aliphatic rings. The fourth-order valence-corrected chi connectivity index (χ4v) is 3.57. The number of ether oxygens (including phenoxy) is 2. The van der Waals surface area contributed by atoms with Gasteiger partial charge in [-0.25, -0.2) is 4.79 Å². The van der Waals surface area contributed by atoms with Crippen LogP contribution in [0.3, 0.4) is 0 Å². The molecule has 0 unspecified atom stereocenters. The van der Waals surface area contributed by atoms with Crippen LogP contribution in [0.4, 0.5) is 17.1 Å². The molecule has 2 amide bonds. The number of nitro groups is 1. The van der Waals surface area contributed by atoms with Gasteiger partial charge in [-0.15, -0.1) is 0 Å². The van der Waals surface area contributed by atoms with Gasteiger partial charge in [0, 0.05) is 44.7 Å². The molecule has 1 heterocycles. The first kappa shape index (κ1) is 23.5. The first-order valence-corrected chi connectivity index (χ1v) is 10.1. The Kier molecular flexibility index (Phi) is 7.11. The summed E-state index contributed by atoms with van der Waals surface area (Å²) in [6.07, 6.45) is 0. The van der Waals surface area contributed by atoms with Gasteiger partial charge >= 0.3 is 5.97 Å². The van der Waals surface area contributed by atoms with E-state index in [0.29, 0.717) is 37.6 Å². The molecular formula is C22H24N4O7. The first-order valence-electron chi connectivity index (χ1n) is 10.1. The molecule has 0 atom stereocenters. The summed E-state index contributed by atoms with van der Waals surface area (Å²) in [6.45, 7) is 3.30. The molecule has 0 aliphatic carbocycles. The van der Waals surface area contributed by atoms with Crippen LogP contribution in [0.5, 0.6) is 5.75 Å². The number of rotatable bonds is 6. The zero-order chi connectivity index (χ0) is 24.1. The SMILES string of the molecule is COC(=O)c1cc(OC)ccc1NC(=O)c1ccc(N2CCN(C(C)=O)CC2)c([N+](=O)[O-])c1. The molecule has 1 fully saturated rings. The van der Waals surface area contributed by atoms with E-state index in [9.17, 15) is 24.5 Å². The molecule has 0 bridgehead atoms. The Morgan fingerprint density at radius 1 is 1.03 bits per heavy atom. The number of nitrogens with one attached hydrogen (secondary N) is 1. The highest BCUT2D eigenvalue weighted by atomic mass is 16.6. The highest BCUT2D eigenvalue weighted by molar-refractivity contribution is 6.08. The molecule has 1 saturated heterocycles. The maximum Gasteiger partial charge on any atom is 0.340 e. The minimum absolute atomic E-state index is 0.0407. The maximum absolute atomic E-state index is 12.8. The molecule has 1 aliphatic heterocycles. The van der Waals surface area contributed by atoms with Gasteiger partial charge in [-0.05, 0) is 30.3 Å². The number of esters is 1. The number of benzene rings is 2. The summed E-state index contributed by atoms with van der Waals surface area (Å²) in [5.41, 5.74) is 0.472. The minimum atomic E-state index is -0.671. The number of hydrogen-bond acceptors (Lipinski definition) is 8. The lowest BCUT2D eigenvalue weighted by molar-refractivity contribution is -0.384. The lowest BCUT2D eigenvalue weighted by Gasteiger charge is -2.35. The molecule has 11 nitrogen and oxygen atoms in total. The molecule has 0 aromatic heterocycles. The van der Waals surface area contributed by atoms with Crippen molar-refractivity contribution in [3.05, 3.63) is 57.6 Å². The first-order chi connectivity index (χ1) is 15.7. The number of carbonyl (C=O) groups excluding carboxylic acids is 3. The van der Waals surface area contributed by atoms with Crippen LogP contribution in [0.25, 0.3) is 0 Å². The van der Waals surface area contributed by atoms with Gasteiger partial charge in [-0.2, -0.15) is 0 Å². The predicted octanol–water partition coefficient (Wildman–Crippen LogP) is 2.31. The normalized spacial score (nSPS) is 13.3. The number of methoxy groups -OCH3 is 2. The number of amides is 2. The van der Waals surface area contributed by atoms with E-state index in [2.05, 4.69) is 5.32 Å². The van der Waals surface area contributed by atoms with Crippen molar-refractivity contribution in [1.82, 2.24) is 4.90 Å². The number of nitro benzene ring substituents is 1. The molecule has 0 spiro atoms. The Hall–Kier alpha value is -4.15. The van der Waals surface area contributed by atoms with Crippen LogP contribution in [-0.4, -0.2) is 68.0 Å². The molecule has 0 saturated carbocycles. The van der Waals surface area contributed by atoms with Crippen molar-refractivity contribution in [2.24, 2.45) is 0 Å². The van der Waals surface area contributed by atoms with Crippen molar-refractivity contribution in [2.75, 3.05) is 50.6 Å². The number of nitrogens with zero attached hydrogens (tertiary/aromatic N) is 3. The van der Waals surface area contributed by atoms with Crippen LogP contribution in [0.15, 0.2) is 36.4 Å². The third kappa shape index (κ3) is 5.20. The van der Waals surface area contributed by atoms with Gasteiger partial charge in [-0.3, -0.25) is 19.7 Å². The molecule has 1 N–H and O–H groups in total. The number of anilines is 2. The summed E-state index contributed by atoms with van der Waals surface area (Å²) >= 11 is 0. The monoisotopic (exact) mass is 456 g/mol. The largest absolute Gasteiger partial charge is 0.497 e. The molecule has 174 valence electrons. The van der Waals surface area contributed by atoms with E-state index < -0.39 is 16.8 Å². The van der Waals surface area contributed by atoms with Crippen molar-refractivity contribution in [3.8, 4) is 5.75 Å². The van der Waals surface area contributed by atoms with Gasteiger partial charge in [0.05, 0.1) is 30.4 Å². The quantitative estimate of drug-likeness (QED) is 0.398. The van der Waals surface area contributed by atoms with Crippen molar-refractivity contribution in [2.45, 2.75) is 6.92 Å². The lowest BCUT2D eigenvalue weighted by Crippen LogP contribution is -2.48. The fourth-order valence-electron chi connectivity index (χ4n) is 3.57. The van der Waals surface area contributed by atoms with Gasteiger partial charge in [-0.1, -0.05) is 0 Å². The predicted molar refractivity (Wildman–Crippen MR) is 120 cm³/mol. The van der Waals surface area contributed by atoms with Crippen molar-refractivity contribution < 1.29 is 28.8 Å². The average molecular weight is 456 g/mol. The standard InChI is InChI=1S/C22H24N4O7/c1-14(27)24-8-10-25(11-9-24)19-7-4-15(12-20(19)26(30)31)21(28)23-18-6-5-16(32-2)13-17(18)22(29)33-3/h4-7,12-13H,8-11H2,1-3H3,(H,23,28). The van der Waals surface area contributed by atoms with Gasteiger partial charge in [0.15, 0.2) is 0 Å². The fraction of sp³-hybridized carbons (Fsp3) is 0.318. The van der Waals surface area contributed by atoms with E-state index in [1.54, 1.807) is 11.0 Å². The van der Waals surface area contributed by atoms with Crippen molar-refractivity contribution >= 4 is 34.8 Å². The number of carbonyl (C=O) groups is 3. The van der Waals surface area contributed by atoms with E-state index in [-0.39, 0.29) is 28.4 Å². The summed E-state index contributed by atoms with van der Waals surface area (Å²) in [5, 5.41) is 14.3. The van der Waals surface area contributed by atoms with Crippen LogP contribution in [-0.2, 0) is 9.53 Å². The zero-order valence-electron chi connectivity index (χ0n) is 18.5. The Balaban J connectivity index is 1.85. The lowest BCUT2D eigenvalue weighted by atomic mass is 10.1. The highest BCUT2D eigenvalue weighted by Crippen LogP contribution is 2.31. The zero-order valence-corrected chi connectivity index (χ0v) is 18.5. The van der Waals surface area contributed by atoms with Gasteiger partial charge < -0.3 is 24.6 Å². The minimum Gasteiger partial charge on any atom is -0.497 e. The topological polar surface area (TPSA) is 131 Å². The Morgan fingerprint density at radius 3 is 2.30 bits per heavy atom. The second kappa shape index (κ2) is 9.98. The summed E-state index contributed by atoms with van der Waals surface area (Å²) in [5.74, 6) is -0.934. The van der Waals surface area contributed by atoms with Crippen LogP contribution in [0.1, 0.15) is 27.6 Å². The summed E-state index contributed by atoms with van der Waals surface area (Å²) in [6, 6.07) is 8.67. The maximum atomic E-state index is 12.8. The third-order valence-electron chi connectivity index (χ3n) is 5.38. The highest BCUT2D eigenvalue weighted by Gasteiger charge is 2.26. The van der Waals surface area contributed by atoms with E-state index in [4.69, 9.17) is 9.47 Å². The van der Waals surface area contributed by atoms with Gasteiger partial charge in [0.1, 0.15) is 11.4 Å². The molecule has 11 heteroatoms. The Morgan fingerprint density at radius 2 is 1.73 bits per heavy atom. The van der Waals surface area contributed by atoms with E-state index >= 15 is 0 Å². The second-order valence-electron chi connectivity index (χ2n) is 7.31. The third-order valence-corrected chi connectivity index (χ3v) is 5.38. The molecule has 3 rings (SSSR count). The Bertz CT molecular complexity index is 1090. The number of piperazine rings is 1. The molecule has 0 radical (unpaired) electrons. The summed E-state index contributed by atoms with van der Waals surface area (Å²) in [7, 11) is 2.65. The van der Waals surface area contributed by atoms with Crippen LogP contribution >= 0.6 is 0 Å².